The molecular formula is C30H30N2O4. The average Bonchev–Trinajstić information content (AvgIpc) is 2.90. The molecule has 0 aliphatic rings. The monoisotopic (exact) mass is 482 g/mol. The first-order valence-corrected chi connectivity index (χ1v) is 11.7. The number of benzene rings is 4. The molecule has 6 nitrogen and oxygen atoms in total. The van der Waals surface area contributed by atoms with E-state index in [9.17, 15) is 4.79 Å². The highest BCUT2D eigenvalue weighted by Gasteiger charge is 2.10. The summed E-state index contributed by atoms with van der Waals surface area (Å²) >= 11 is 0. The zero-order chi connectivity index (χ0) is 25.3. The van der Waals surface area contributed by atoms with E-state index in [4.69, 9.17) is 14.2 Å². The quantitative estimate of drug-likeness (QED) is 0.262. The van der Waals surface area contributed by atoms with Crippen LogP contribution in [0.25, 0.3) is 0 Å². The van der Waals surface area contributed by atoms with Crippen molar-refractivity contribution in [3.05, 3.63) is 108 Å². The van der Waals surface area contributed by atoms with Gasteiger partial charge in [-0.3, -0.25) is 4.79 Å². The summed E-state index contributed by atoms with van der Waals surface area (Å²) in [5.74, 6) is 2.43. The van der Waals surface area contributed by atoms with Gasteiger partial charge in [-0.15, -0.1) is 0 Å². The number of anilines is 2. The number of aryl methyl sites for hydroxylation is 2. The number of nitrogens with one attached hydrogen (secondary N) is 2. The highest BCUT2D eigenvalue weighted by molar-refractivity contribution is 5.92. The molecule has 4 aromatic rings. The molecule has 0 aliphatic heterocycles. The van der Waals surface area contributed by atoms with E-state index in [0.717, 1.165) is 39.6 Å². The first kappa shape index (κ1) is 24.7. The Bertz CT molecular complexity index is 1300. The van der Waals surface area contributed by atoms with Gasteiger partial charge < -0.3 is 24.8 Å². The van der Waals surface area contributed by atoms with Gasteiger partial charge in [0.25, 0.3) is 5.91 Å². The SMILES string of the molecule is COc1cc(CNc2ccc(Oc3ccccc3)cc2)ccc1OCC(=O)Nc1cc(C)ccc1C. The van der Waals surface area contributed by atoms with Crippen LogP contribution in [0.15, 0.2) is 91.0 Å². The van der Waals surface area contributed by atoms with Crippen LogP contribution in [0.3, 0.4) is 0 Å². The minimum absolute atomic E-state index is 0.112. The van der Waals surface area contributed by atoms with Crippen molar-refractivity contribution in [3.8, 4) is 23.0 Å². The maximum absolute atomic E-state index is 12.4. The molecule has 0 saturated heterocycles. The number of hydrogen-bond donors (Lipinski definition) is 2. The van der Waals surface area contributed by atoms with Crippen LogP contribution in [-0.4, -0.2) is 19.6 Å². The van der Waals surface area contributed by atoms with Gasteiger partial charge in [0.05, 0.1) is 7.11 Å². The van der Waals surface area contributed by atoms with Crippen molar-refractivity contribution in [2.75, 3.05) is 24.4 Å². The molecule has 4 rings (SSSR count). The van der Waals surface area contributed by atoms with Gasteiger partial charge in [-0.2, -0.15) is 0 Å². The summed E-state index contributed by atoms with van der Waals surface area (Å²) in [7, 11) is 1.58. The summed E-state index contributed by atoms with van der Waals surface area (Å²) in [4.78, 5) is 12.4. The number of hydrogen-bond acceptors (Lipinski definition) is 5. The summed E-state index contributed by atoms with van der Waals surface area (Å²) in [5, 5.41) is 6.30. The van der Waals surface area contributed by atoms with Gasteiger partial charge in [-0.05, 0) is 85.1 Å². The molecule has 4 aromatic carbocycles. The molecule has 36 heavy (non-hydrogen) atoms. The van der Waals surface area contributed by atoms with Crippen molar-refractivity contribution < 1.29 is 19.0 Å². The zero-order valence-electron chi connectivity index (χ0n) is 20.7. The van der Waals surface area contributed by atoms with Gasteiger partial charge in [0.15, 0.2) is 18.1 Å². The Balaban J connectivity index is 1.30. The Morgan fingerprint density at radius 1 is 0.806 bits per heavy atom. The molecule has 0 radical (unpaired) electrons. The van der Waals surface area contributed by atoms with Crippen LogP contribution in [0.4, 0.5) is 11.4 Å². The molecule has 0 aromatic heterocycles. The second-order valence-electron chi connectivity index (χ2n) is 8.43. The molecule has 2 N–H and O–H groups in total. The summed E-state index contributed by atoms with van der Waals surface area (Å²) in [5.41, 5.74) is 4.86. The Morgan fingerprint density at radius 2 is 1.56 bits per heavy atom. The summed E-state index contributed by atoms with van der Waals surface area (Å²) in [6, 6.07) is 29.1. The number of carbonyl (C=O) groups is 1. The van der Waals surface area contributed by atoms with Gasteiger partial charge in [0.2, 0.25) is 0 Å². The number of methoxy groups -OCH3 is 1. The summed E-state index contributed by atoms with van der Waals surface area (Å²) < 4.78 is 17.1. The van der Waals surface area contributed by atoms with E-state index in [1.54, 1.807) is 7.11 Å². The molecule has 0 atom stereocenters. The van der Waals surface area contributed by atoms with Crippen LogP contribution in [0, 0.1) is 13.8 Å². The van der Waals surface area contributed by atoms with Crippen LogP contribution in [-0.2, 0) is 11.3 Å². The molecule has 0 aliphatic carbocycles. The fourth-order valence-corrected chi connectivity index (χ4v) is 3.61. The van der Waals surface area contributed by atoms with E-state index in [0.29, 0.717) is 18.0 Å². The number of para-hydroxylation sites is 1. The third-order valence-electron chi connectivity index (χ3n) is 5.58. The van der Waals surface area contributed by atoms with Crippen LogP contribution in [0.1, 0.15) is 16.7 Å². The Kier molecular flexibility index (Phi) is 8.08. The lowest BCUT2D eigenvalue weighted by atomic mass is 10.1. The van der Waals surface area contributed by atoms with E-state index in [1.165, 1.54) is 0 Å². The van der Waals surface area contributed by atoms with Gasteiger partial charge in [-0.25, -0.2) is 0 Å². The Labute approximate surface area is 211 Å². The number of ether oxygens (including phenoxy) is 3. The average molecular weight is 483 g/mol. The standard InChI is InChI=1S/C30H30N2O4/c1-21-9-10-22(2)27(17-21)32-30(33)20-35-28-16-11-23(18-29(28)34-3)19-31-24-12-14-26(15-13-24)36-25-7-5-4-6-8-25/h4-18,31H,19-20H2,1-3H3,(H,32,33). The van der Waals surface area contributed by atoms with E-state index >= 15 is 0 Å². The molecule has 184 valence electrons. The first-order chi connectivity index (χ1) is 17.5. The lowest BCUT2D eigenvalue weighted by molar-refractivity contribution is -0.118. The molecule has 1 amide bonds. The van der Waals surface area contributed by atoms with Gasteiger partial charge in [0.1, 0.15) is 11.5 Å². The highest BCUT2D eigenvalue weighted by atomic mass is 16.5. The fraction of sp³-hybridized carbons (Fsp3) is 0.167. The van der Waals surface area contributed by atoms with Crippen LogP contribution in [0.5, 0.6) is 23.0 Å². The van der Waals surface area contributed by atoms with Crippen molar-refractivity contribution >= 4 is 17.3 Å². The summed E-state index contributed by atoms with van der Waals surface area (Å²) in [6.07, 6.45) is 0. The molecule has 0 unspecified atom stereocenters. The maximum Gasteiger partial charge on any atom is 0.262 e. The molecule has 0 spiro atoms. The number of rotatable bonds is 10. The second-order valence-corrected chi connectivity index (χ2v) is 8.43. The first-order valence-electron chi connectivity index (χ1n) is 11.7. The fourth-order valence-electron chi connectivity index (χ4n) is 3.61. The topological polar surface area (TPSA) is 68.8 Å². The van der Waals surface area contributed by atoms with Crippen molar-refractivity contribution in [2.24, 2.45) is 0 Å². The Morgan fingerprint density at radius 3 is 2.31 bits per heavy atom. The zero-order valence-corrected chi connectivity index (χ0v) is 20.7. The van der Waals surface area contributed by atoms with E-state index in [2.05, 4.69) is 10.6 Å². The van der Waals surface area contributed by atoms with E-state index in [1.807, 2.05) is 105 Å². The molecule has 6 heteroatoms. The number of amides is 1. The van der Waals surface area contributed by atoms with Crippen molar-refractivity contribution in [1.82, 2.24) is 0 Å². The minimum Gasteiger partial charge on any atom is -0.493 e. The third kappa shape index (κ3) is 6.79. The van der Waals surface area contributed by atoms with Crippen molar-refractivity contribution in [3.63, 3.8) is 0 Å². The van der Waals surface area contributed by atoms with Crippen LogP contribution in [0.2, 0.25) is 0 Å². The molecule has 0 fully saturated rings. The van der Waals surface area contributed by atoms with Crippen molar-refractivity contribution in [1.29, 1.82) is 0 Å². The van der Waals surface area contributed by atoms with E-state index in [-0.39, 0.29) is 12.5 Å². The molecular weight excluding hydrogens is 452 g/mol. The van der Waals surface area contributed by atoms with Crippen LogP contribution >= 0.6 is 0 Å². The molecule has 0 saturated carbocycles. The van der Waals surface area contributed by atoms with Crippen LogP contribution < -0.4 is 24.8 Å². The maximum atomic E-state index is 12.4. The summed E-state index contributed by atoms with van der Waals surface area (Å²) in [6.45, 7) is 4.43. The van der Waals surface area contributed by atoms with E-state index < -0.39 is 0 Å². The predicted molar refractivity (Wildman–Crippen MR) is 143 cm³/mol. The lowest BCUT2D eigenvalue weighted by Gasteiger charge is -2.14. The Hall–Kier alpha value is -4.45. The molecule has 0 heterocycles. The van der Waals surface area contributed by atoms with Gasteiger partial charge in [-0.1, -0.05) is 36.4 Å². The lowest BCUT2D eigenvalue weighted by Crippen LogP contribution is -2.21. The minimum atomic E-state index is -0.226. The number of carbonyl (C=O) groups excluding carboxylic acids is 1. The second kappa shape index (κ2) is 11.8. The van der Waals surface area contributed by atoms with Gasteiger partial charge >= 0.3 is 0 Å². The highest BCUT2D eigenvalue weighted by Crippen LogP contribution is 2.29. The normalized spacial score (nSPS) is 10.4. The smallest absolute Gasteiger partial charge is 0.262 e. The van der Waals surface area contributed by atoms with Gasteiger partial charge in [0, 0.05) is 17.9 Å². The predicted octanol–water partition coefficient (Wildman–Crippen LogP) is 6.73. The largest absolute Gasteiger partial charge is 0.493 e. The molecule has 0 bridgehead atoms. The third-order valence-corrected chi connectivity index (χ3v) is 5.58. The van der Waals surface area contributed by atoms with Crippen molar-refractivity contribution in [2.45, 2.75) is 20.4 Å².